The van der Waals surface area contributed by atoms with Crippen LogP contribution in [0.3, 0.4) is 0 Å². The van der Waals surface area contributed by atoms with E-state index in [1.807, 2.05) is 42.5 Å². The minimum atomic E-state index is -1.25. The van der Waals surface area contributed by atoms with Crippen molar-refractivity contribution in [3.63, 3.8) is 0 Å². The molecule has 6 heteroatoms. The number of carbonyl (C=O) groups is 1. The van der Waals surface area contributed by atoms with Crippen molar-refractivity contribution in [2.75, 3.05) is 0 Å². The molecule has 1 radical (unpaired) electrons. The Morgan fingerprint density at radius 3 is 2.34 bits per heavy atom. The fourth-order valence-electron chi connectivity index (χ4n) is 4.08. The SMILES string of the molecule is NC(=O)c1cccc2c1c1[c]cc(-c3ccccc3)cc1n2Cc1cc(F)c(F)cc1F. The van der Waals surface area contributed by atoms with Crippen LogP contribution in [0.15, 0.2) is 72.8 Å². The van der Waals surface area contributed by atoms with Crippen LogP contribution in [-0.4, -0.2) is 10.5 Å². The Balaban J connectivity index is 1.81. The number of fused-ring (bicyclic) bond motifs is 3. The van der Waals surface area contributed by atoms with Gasteiger partial charge in [0.05, 0.1) is 17.6 Å². The van der Waals surface area contributed by atoms with Crippen LogP contribution in [-0.2, 0) is 6.54 Å². The molecule has 5 aromatic rings. The van der Waals surface area contributed by atoms with Gasteiger partial charge >= 0.3 is 0 Å². The Bertz CT molecular complexity index is 1510. The molecule has 0 bridgehead atoms. The second-order valence-electron chi connectivity index (χ2n) is 7.52. The van der Waals surface area contributed by atoms with Crippen molar-refractivity contribution in [3.8, 4) is 11.1 Å². The van der Waals surface area contributed by atoms with E-state index >= 15 is 0 Å². The highest BCUT2D eigenvalue weighted by Crippen LogP contribution is 2.35. The highest BCUT2D eigenvalue weighted by molar-refractivity contribution is 6.18. The van der Waals surface area contributed by atoms with Crippen molar-refractivity contribution in [1.82, 2.24) is 4.57 Å². The maximum absolute atomic E-state index is 14.5. The molecular formula is C26H16F3N2O. The minimum absolute atomic E-state index is 0.0164. The zero-order chi connectivity index (χ0) is 22.4. The van der Waals surface area contributed by atoms with E-state index in [0.717, 1.165) is 17.2 Å². The molecule has 0 aliphatic heterocycles. The first kappa shape index (κ1) is 19.9. The van der Waals surface area contributed by atoms with E-state index in [9.17, 15) is 18.0 Å². The largest absolute Gasteiger partial charge is 0.366 e. The van der Waals surface area contributed by atoms with Gasteiger partial charge in [-0.05, 0) is 47.5 Å². The highest BCUT2D eigenvalue weighted by Gasteiger charge is 2.19. The topological polar surface area (TPSA) is 48.0 Å². The number of nitrogens with zero attached hydrogens (tertiary/aromatic N) is 1. The number of carbonyl (C=O) groups excluding carboxylic acids is 1. The first-order chi connectivity index (χ1) is 15.4. The van der Waals surface area contributed by atoms with E-state index in [1.54, 1.807) is 22.8 Å². The molecule has 0 atom stereocenters. The summed E-state index contributed by atoms with van der Waals surface area (Å²) in [6.07, 6.45) is 0. The molecule has 0 aliphatic carbocycles. The van der Waals surface area contributed by atoms with Crippen molar-refractivity contribution in [3.05, 3.63) is 107 Å². The number of primary amides is 1. The molecule has 2 N–H and O–H groups in total. The lowest BCUT2D eigenvalue weighted by atomic mass is 10.0. The van der Waals surface area contributed by atoms with Crippen LogP contribution in [0.25, 0.3) is 32.9 Å². The monoisotopic (exact) mass is 429 g/mol. The molecule has 0 aliphatic rings. The Labute approximate surface area is 181 Å². The zero-order valence-electron chi connectivity index (χ0n) is 16.7. The maximum Gasteiger partial charge on any atom is 0.249 e. The lowest BCUT2D eigenvalue weighted by Crippen LogP contribution is -2.11. The predicted octanol–water partition coefficient (Wildman–Crippen LogP) is 5.83. The minimum Gasteiger partial charge on any atom is -0.366 e. The Morgan fingerprint density at radius 2 is 1.59 bits per heavy atom. The summed E-state index contributed by atoms with van der Waals surface area (Å²) in [5.41, 5.74) is 8.99. The summed E-state index contributed by atoms with van der Waals surface area (Å²) in [4.78, 5) is 12.1. The average Bonchev–Trinajstić information content (AvgIpc) is 3.11. The molecule has 5 rings (SSSR count). The van der Waals surface area contributed by atoms with Crippen LogP contribution < -0.4 is 5.73 Å². The third-order valence-electron chi connectivity index (χ3n) is 5.58. The Kier molecular flexibility index (Phi) is 4.70. The van der Waals surface area contributed by atoms with Gasteiger partial charge in [0.15, 0.2) is 11.6 Å². The molecule has 0 saturated heterocycles. The van der Waals surface area contributed by atoms with Crippen LogP contribution in [0.5, 0.6) is 0 Å². The third kappa shape index (κ3) is 3.21. The van der Waals surface area contributed by atoms with Gasteiger partial charge in [-0.15, -0.1) is 0 Å². The van der Waals surface area contributed by atoms with Gasteiger partial charge in [0.25, 0.3) is 0 Å². The number of rotatable bonds is 4. The van der Waals surface area contributed by atoms with Gasteiger partial charge < -0.3 is 10.3 Å². The quantitative estimate of drug-likeness (QED) is 0.359. The van der Waals surface area contributed by atoms with Crippen LogP contribution in [0, 0.1) is 23.5 Å². The molecule has 3 nitrogen and oxygen atoms in total. The van der Waals surface area contributed by atoms with Crippen molar-refractivity contribution >= 4 is 27.7 Å². The normalized spacial score (nSPS) is 11.3. The summed E-state index contributed by atoms with van der Waals surface area (Å²) in [5, 5.41) is 1.22. The van der Waals surface area contributed by atoms with Crippen molar-refractivity contribution in [1.29, 1.82) is 0 Å². The summed E-state index contributed by atoms with van der Waals surface area (Å²) in [6, 6.07) is 23.1. The molecule has 157 valence electrons. The number of benzene rings is 4. The maximum atomic E-state index is 14.5. The van der Waals surface area contributed by atoms with Gasteiger partial charge in [-0.3, -0.25) is 4.79 Å². The Hall–Kier alpha value is -4.06. The van der Waals surface area contributed by atoms with Gasteiger partial charge in [0.2, 0.25) is 5.91 Å². The molecule has 0 saturated carbocycles. The molecule has 0 unspecified atom stereocenters. The molecule has 1 amide bonds. The lowest BCUT2D eigenvalue weighted by Gasteiger charge is -2.10. The van der Waals surface area contributed by atoms with Crippen molar-refractivity contribution in [2.45, 2.75) is 6.54 Å². The van der Waals surface area contributed by atoms with E-state index in [-0.39, 0.29) is 12.1 Å². The van der Waals surface area contributed by atoms with Gasteiger partial charge in [-0.2, -0.15) is 0 Å². The number of nitrogens with two attached hydrogens (primary N) is 1. The number of aromatic nitrogens is 1. The fraction of sp³-hybridized carbons (Fsp3) is 0.0385. The zero-order valence-corrected chi connectivity index (χ0v) is 16.7. The molecular weight excluding hydrogens is 413 g/mol. The smallest absolute Gasteiger partial charge is 0.249 e. The van der Waals surface area contributed by atoms with Crippen LogP contribution in [0.1, 0.15) is 15.9 Å². The second kappa shape index (κ2) is 7.57. The van der Waals surface area contributed by atoms with Crippen molar-refractivity contribution < 1.29 is 18.0 Å². The molecule has 4 aromatic carbocycles. The number of halogens is 3. The van der Waals surface area contributed by atoms with E-state index in [4.69, 9.17) is 5.73 Å². The average molecular weight is 429 g/mol. The van der Waals surface area contributed by atoms with Gasteiger partial charge in [-0.1, -0.05) is 36.4 Å². The standard InChI is InChI=1S/C26H16F3N2O/c27-20-13-22(29)21(28)11-17(20)14-31-23-8-4-7-19(26(30)32)25(23)18-10-9-16(12-24(18)31)15-5-2-1-3-6-15/h1-9,11-13H,14H2,(H2,30,32). The lowest BCUT2D eigenvalue weighted by molar-refractivity contribution is 0.100. The molecule has 0 fully saturated rings. The first-order valence-electron chi connectivity index (χ1n) is 9.89. The second-order valence-corrected chi connectivity index (χ2v) is 7.52. The summed E-state index contributed by atoms with van der Waals surface area (Å²) in [5.74, 6) is -3.83. The van der Waals surface area contributed by atoms with E-state index in [2.05, 4.69) is 6.07 Å². The first-order valence-corrected chi connectivity index (χ1v) is 9.89. The molecule has 0 spiro atoms. The highest BCUT2D eigenvalue weighted by atomic mass is 19.2. The number of hydrogen-bond donors (Lipinski definition) is 1. The van der Waals surface area contributed by atoms with Crippen molar-refractivity contribution in [2.24, 2.45) is 5.73 Å². The molecule has 32 heavy (non-hydrogen) atoms. The Morgan fingerprint density at radius 1 is 0.844 bits per heavy atom. The van der Waals surface area contributed by atoms with Gasteiger partial charge in [0, 0.05) is 28.0 Å². The van der Waals surface area contributed by atoms with Crippen LogP contribution in [0.2, 0.25) is 0 Å². The third-order valence-corrected chi connectivity index (χ3v) is 5.58. The number of hydrogen-bond acceptors (Lipinski definition) is 1. The molecule has 1 heterocycles. The number of amides is 1. The summed E-state index contributed by atoms with van der Waals surface area (Å²) in [6.45, 7) is -0.0721. The van der Waals surface area contributed by atoms with E-state index < -0.39 is 23.4 Å². The van der Waals surface area contributed by atoms with Gasteiger partial charge in [0.1, 0.15) is 5.82 Å². The van der Waals surface area contributed by atoms with Gasteiger partial charge in [-0.25, -0.2) is 13.2 Å². The van der Waals surface area contributed by atoms with E-state index in [1.165, 1.54) is 0 Å². The summed E-state index contributed by atoms with van der Waals surface area (Å²) >= 11 is 0. The fourth-order valence-corrected chi connectivity index (χ4v) is 4.08. The van der Waals surface area contributed by atoms with E-state index in [0.29, 0.717) is 33.4 Å². The van der Waals surface area contributed by atoms with Crippen LogP contribution in [0.4, 0.5) is 13.2 Å². The predicted molar refractivity (Wildman–Crippen MR) is 118 cm³/mol. The van der Waals surface area contributed by atoms with Crippen LogP contribution >= 0.6 is 0 Å². The molecule has 1 aromatic heterocycles. The summed E-state index contributed by atoms with van der Waals surface area (Å²) < 4.78 is 43.5. The summed E-state index contributed by atoms with van der Waals surface area (Å²) in [7, 11) is 0.